The van der Waals surface area contributed by atoms with E-state index in [1.54, 1.807) is 26.4 Å². The van der Waals surface area contributed by atoms with E-state index in [-0.39, 0.29) is 5.91 Å². The molecular formula is C12H15NO4. The fourth-order valence-corrected chi connectivity index (χ4v) is 1.89. The van der Waals surface area contributed by atoms with Gasteiger partial charge < -0.3 is 19.9 Å². The van der Waals surface area contributed by atoms with Crippen LogP contribution >= 0.6 is 0 Å². The number of carbonyl (C=O) groups excluding carboxylic acids is 1. The number of hydrogen-bond donors (Lipinski definition) is 1. The maximum absolute atomic E-state index is 11.5. The van der Waals surface area contributed by atoms with Crippen molar-refractivity contribution in [1.82, 2.24) is 0 Å². The molecule has 0 radical (unpaired) electrons. The predicted octanol–water partition coefficient (Wildman–Crippen LogP) is 0.457. The zero-order valence-electron chi connectivity index (χ0n) is 9.86. The van der Waals surface area contributed by atoms with E-state index in [4.69, 9.17) is 19.9 Å². The van der Waals surface area contributed by atoms with E-state index in [1.807, 2.05) is 6.07 Å². The molecule has 0 atom stereocenters. The van der Waals surface area contributed by atoms with Gasteiger partial charge in [-0.05, 0) is 17.7 Å². The number of carbonyl (C=O) groups is 1. The van der Waals surface area contributed by atoms with Gasteiger partial charge in [-0.3, -0.25) is 4.79 Å². The third-order valence-electron chi connectivity index (χ3n) is 3.10. The molecule has 0 spiro atoms. The Balaban J connectivity index is 2.42. The Labute approximate surface area is 99.5 Å². The van der Waals surface area contributed by atoms with Gasteiger partial charge in [-0.25, -0.2) is 0 Å². The average Bonchev–Trinajstić information content (AvgIpc) is 2.26. The number of ether oxygens (including phenoxy) is 3. The first kappa shape index (κ1) is 11.7. The van der Waals surface area contributed by atoms with E-state index in [2.05, 4.69) is 0 Å². The number of amides is 1. The molecule has 1 heterocycles. The third kappa shape index (κ3) is 1.72. The van der Waals surface area contributed by atoms with Crippen molar-refractivity contribution in [2.45, 2.75) is 5.41 Å². The Morgan fingerprint density at radius 3 is 2.35 bits per heavy atom. The van der Waals surface area contributed by atoms with Gasteiger partial charge in [0.1, 0.15) is 5.41 Å². The van der Waals surface area contributed by atoms with Crippen LogP contribution in [0.25, 0.3) is 0 Å². The molecule has 0 aromatic heterocycles. The summed E-state index contributed by atoms with van der Waals surface area (Å²) in [5, 5.41) is 0. The van der Waals surface area contributed by atoms with Crippen molar-refractivity contribution in [3.63, 3.8) is 0 Å². The van der Waals surface area contributed by atoms with E-state index in [9.17, 15) is 4.79 Å². The molecule has 17 heavy (non-hydrogen) atoms. The predicted molar refractivity (Wildman–Crippen MR) is 61.2 cm³/mol. The van der Waals surface area contributed by atoms with Crippen LogP contribution in [0.4, 0.5) is 0 Å². The molecule has 2 N–H and O–H groups in total. The highest BCUT2D eigenvalue weighted by Crippen LogP contribution is 2.37. The highest BCUT2D eigenvalue weighted by molar-refractivity contribution is 5.88. The molecule has 5 nitrogen and oxygen atoms in total. The van der Waals surface area contributed by atoms with Crippen LogP contribution in [0.2, 0.25) is 0 Å². The molecule has 0 saturated carbocycles. The van der Waals surface area contributed by atoms with E-state index >= 15 is 0 Å². The van der Waals surface area contributed by atoms with Crippen molar-refractivity contribution in [2.75, 3.05) is 27.4 Å². The lowest BCUT2D eigenvalue weighted by molar-refractivity contribution is -0.141. The SMILES string of the molecule is COc1ccc(C2(C(N)=O)COC2)cc1OC. The summed E-state index contributed by atoms with van der Waals surface area (Å²) < 4.78 is 15.5. The topological polar surface area (TPSA) is 70.8 Å². The summed E-state index contributed by atoms with van der Waals surface area (Å²) in [4.78, 5) is 11.5. The summed E-state index contributed by atoms with van der Waals surface area (Å²) in [5.41, 5.74) is 5.51. The number of benzene rings is 1. The normalized spacial score (nSPS) is 17.1. The van der Waals surface area contributed by atoms with Gasteiger partial charge in [-0.1, -0.05) is 6.07 Å². The first-order chi connectivity index (χ1) is 8.14. The summed E-state index contributed by atoms with van der Waals surface area (Å²) in [5.74, 6) is 0.824. The molecule has 0 aliphatic carbocycles. The van der Waals surface area contributed by atoms with Crippen LogP contribution < -0.4 is 15.2 Å². The van der Waals surface area contributed by atoms with Crippen LogP contribution in [0.3, 0.4) is 0 Å². The summed E-state index contributed by atoms with van der Waals surface area (Å²) in [7, 11) is 3.11. The van der Waals surface area contributed by atoms with Crippen LogP contribution in [-0.4, -0.2) is 33.3 Å². The molecule has 1 amide bonds. The lowest BCUT2D eigenvalue weighted by Crippen LogP contribution is -2.56. The zero-order chi connectivity index (χ0) is 12.5. The van der Waals surface area contributed by atoms with Crippen molar-refractivity contribution in [2.24, 2.45) is 5.73 Å². The molecule has 0 bridgehead atoms. The van der Waals surface area contributed by atoms with Crippen molar-refractivity contribution >= 4 is 5.91 Å². The fourth-order valence-electron chi connectivity index (χ4n) is 1.89. The maximum atomic E-state index is 11.5. The standard InChI is InChI=1S/C12H15NO4/c1-15-9-4-3-8(5-10(9)16-2)12(11(13)14)6-17-7-12/h3-5H,6-7H2,1-2H3,(H2,13,14). The Morgan fingerprint density at radius 1 is 1.29 bits per heavy atom. The number of hydrogen-bond acceptors (Lipinski definition) is 4. The highest BCUT2D eigenvalue weighted by Gasteiger charge is 2.46. The molecule has 1 aliphatic rings. The second kappa shape index (κ2) is 4.25. The van der Waals surface area contributed by atoms with Gasteiger partial charge in [0, 0.05) is 0 Å². The smallest absolute Gasteiger partial charge is 0.232 e. The summed E-state index contributed by atoms with van der Waals surface area (Å²) >= 11 is 0. The third-order valence-corrected chi connectivity index (χ3v) is 3.10. The van der Waals surface area contributed by atoms with Crippen molar-refractivity contribution in [1.29, 1.82) is 0 Å². The summed E-state index contributed by atoms with van der Waals surface area (Å²) in [6.45, 7) is 0.635. The molecule has 5 heteroatoms. The average molecular weight is 237 g/mol. The largest absolute Gasteiger partial charge is 0.493 e. The Morgan fingerprint density at radius 2 is 1.94 bits per heavy atom. The van der Waals surface area contributed by atoms with Crippen LogP contribution in [0.15, 0.2) is 18.2 Å². The van der Waals surface area contributed by atoms with Gasteiger partial charge >= 0.3 is 0 Å². The van der Waals surface area contributed by atoms with E-state index < -0.39 is 5.41 Å². The van der Waals surface area contributed by atoms with Gasteiger partial charge in [-0.2, -0.15) is 0 Å². The van der Waals surface area contributed by atoms with Crippen LogP contribution in [0.1, 0.15) is 5.56 Å². The summed E-state index contributed by atoms with van der Waals surface area (Å²) in [6, 6.07) is 5.35. The zero-order valence-corrected chi connectivity index (χ0v) is 9.86. The fraction of sp³-hybridized carbons (Fsp3) is 0.417. The Kier molecular flexibility index (Phi) is 2.93. The maximum Gasteiger partial charge on any atom is 0.232 e. The van der Waals surface area contributed by atoms with E-state index in [1.165, 1.54) is 0 Å². The van der Waals surface area contributed by atoms with Gasteiger partial charge in [0.25, 0.3) is 0 Å². The summed E-state index contributed by atoms with van der Waals surface area (Å²) in [6.07, 6.45) is 0. The number of primary amides is 1. The Hall–Kier alpha value is -1.75. The minimum Gasteiger partial charge on any atom is -0.493 e. The molecule has 1 fully saturated rings. The minimum absolute atomic E-state index is 0.317. The van der Waals surface area contributed by atoms with Gasteiger partial charge in [-0.15, -0.1) is 0 Å². The second-order valence-corrected chi connectivity index (χ2v) is 4.01. The molecule has 1 aromatic rings. The van der Waals surface area contributed by atoms with E-state index in [0.717, 1.165) is 5.56 Å². The van der Waals surface area contributed by atoms with E-state index in [0.29, 0.717) is 24.7 Å². The second-order valence-electron chi connectivity index (χ2n) is 4.01. The lowest BCUT2D eigenvalue weighted by Gasteiger charge is -2.39. The van der Waals surface area contributed by atoms with Crippen LogP contribution in [-0.2, 0) is 14.9 Å². The molecule has 1 saturated heterocycles. The molecular weight excluding hydrogens is 222 g/mol. The molecule has 92 valence electrons. The minimum atomic E-state index is -0.723. The molecule has 1 aromatic carbocycles. The number of rotatable bonds is 4. The quantitative estimate of drug-likeness (QED) is 0.825. The van der Waals surface area contributed by atoms with Gasteiger partial charge in [0.05, 0.1) is 27.4 Å². The number of methoxy groups -OCH3 is 2. The monoisotopic (exact) mass is 237 g/mol. The molecule has 2 rings (SSSR count). The highest BCUT2D eigenvalue weighted by atomic mass is 16.5. The van der Waals surface area contributed by atoms with Crippen molar-refractivity contribution in [3.8, 4) is 11.5 Å². The van der Waals surface area contributed by atoms with Crippen LogP contribution in [0, 0.1) is 0 Å². The molecule has 0 unspecified atom stereocenters. The first-order valence-corrected chi connectivity index (χ1v) is 5.24. The van der Waals surface area contributed by atoms with Gasteiger partial charge in [0.15, 0.2) is 11.5 Å². The Bertz CT molecular complexity index is 440. The van der Waals surface area contributed by atoms with Crippen LogP contribution in [0.5, 0.6) is 11.5 Å². The number of nitrogens with two attached hydrogens (primary N) is 1. The van der Waals surface area contributed by atoms with Gasteiger partial charge in [0.2, 0.25) is 5.91 Å². The first-order valence-electron chi connectivity index (χ1n) is 5.24. The van der Waals surface area contributed by atoms with Crippen molar-refractivity contribution in [3.05, 3.63) is 23.8 Å². The van der Waals surface area contributed by atoms with Crippen molar-refractivity contribution < 1.29 is 19.0 Å². The molecule has 1 aliphatic heterocycles. The lowest BCUT2D eigenvalue weighted by atomic mass is 9.78.